The minimum Gasteiger partial charge on any atom is -0.495 e. The molecule has 30 heavy (non-hydrogen) atoms. The highest BCUT2D eigenvalue weighted by molar-refractivity contribution is 6.32. The Balaban J connectivity index is 0.00000155. The van der Waals surface area contributed by atoms with E-state index in [-0.39, 0.29) is 12.5 Å². The van der Waals surface area contributed by atoms with Crippen molar-refractivity contribution in [2.75, 3.05) is 56.6 Å². The molecule has 9 heteroatoms. The van der Waals surface area contributed by atoms with E-state index in [1.54, 1.807) is 13.3 Å². The maximum atomic E-state index is 12.6. The van der Waals surface area contributed by atoms with Crippen LogP contribution in [-0.4, -0.2) is 68.9 Å². The molecule has 0 radical (unpaired) electrons. The summed E-state index contributed by atoms with van der Waals surface area (Å²) in [7, 11) is 1.61. The molecule has 1 aliphatic heterocycles. The highest BCUT2D eigenvalue weighted by Gasteiger charge is 2.22. The summed E-state index contributed by atoms with van der Waals surface area (Å²) in [6.45, 7) is 6.14. The van der Waals surface area contributed by atoms with E-state index in [1.165, 1.54) is 0 Å². The van der Waals surface area contributed by atoms with Gasteiger partial charge in [-0.3, -0.25) is 4.79 Å². The number of carbonyl (C=O) groups excluding carboxylic acids is 1. The Morgan fingerprint density at radius 3 is 2.70 bits per heavy atom. The molecule has 4 N–H and O–H groups in total. The molecule has 0 atom stereocenters. The standard InChI is InChI=1S/C20H26ClN5O2.CH3N/c1-28-18-13-16(4-5-17(18)21)25-9-11-26(12-10-25)19(27)14-24-20-15(6-7-22)3-2-8-23-20;1-2/h2-5,8,13H,6-7,9-12,14,22H2,1H3,(H,23,24);2H,1H2. The van der Waals surface area contributed by atoms with Crippen molar-refractivity contribution < 1.29 is 9.53 Å². The molecule has 1 fully saturated rings. The van der Waals surface area contributed by atoms with Gasteiger partial charge >= 0.3 is 0 Å². The molecular formula is C21H29ClN6O2. The molecule has 0 bridgehead atoms. The average Bonchev–Trinajstić information content (AvgIpc) is 2.80. The van der Waals surface area contributed by atoms with Gasteiger partial charge in [-0.15, -0.1) is 0 Å². The molecule has 1 amide bonds. The Labute approximate surface area is 182 Å². The van der Waals surface area contributed by atoms with Crippen LogP contribution in [0.2, 0.25) is 5.02 Å². The molecule has 8 nitrogen and oxygen atoms in total. The zero-order chi connectivity index (χ0) is 21.9. The van der Waals surface area contributed by atoms with Crippen LogP contribution in [0.25, 0.3) is 0 Å². The van der Waals surface area contributed by atoms with Crippen molar-refractivity contribution in [1.82, 2.24) is 9.88 Å². The van der Waals surface area contributed by atoms with E-state index in [0.29, 0.717) is 30.4 Å². The third-order valence-corrected chi connectivity index (χ3v) is 5.16. The van der Waals surface area contributed by atoms with Gasteiger partial charge in [-0.1, -0.05) is 17.7 Å². The first-order valence-corrected chi connectivity index (χ1v) is 10.1. The second-order valence-corrected chi connectivity index (χ2v) is 7.00. The zero-order valence-electron chi connectivity index (χ0n) is 17.2. The summed E-state index contributed by atoms with van der Waals surface area (Å²) in [4.78, 5) is 21.0. The fraction of sp³-hybridized carbons (Fsp3) is 0.381. The zero-order valence-corrected chi connectivity index (χ0v) is 18.0. The third-order valence-electron chi connectivity index (χ3n) is 4.84. The number of nitrogens with two attached hydrogens (primary N) is 1. The van der Waals surface area contributed by atoms with E-state index in [1.807, 2.05) is 35.2 Å². The van der Waals surface area contributed by atoms with Crippen molar-refractivity contribution in [2.24, 2.45) is 5.73 Å². The molecule has 2 heterocycles. The first-order valence-electron chi connectivity index (χ1n) is 9.72. The summed E-state index contributed by atoms with van der Waals surface area (Å²) in [6, 6.07) is 9.60. The smallest absolute Gasteiger partial charge is 0.242 e. The number of piperazine rings is 1. The number of nitrogens with one attached hydrogen (secondary N) is 2. The summed E-state index contributed by atoms with van der Waals surface area (Å²) in [5.41, 5.74) is 7.71. The lowest BCUT2D eigenvalue weighted by Crippen LogP contribution is -2.50. The van der Waals surface area contributed by atoms with Gasteiger partial charge in [-0.2, -0.15) is 0 Å². The van der Waals surface area contributed by atoms with Gasteiger partial charge in [0.05, 0.1) is 18.7 Å². The van der Waals surface area contributed by atoms with E-state index >= 15 is 0 Å². The highest BCUT2D eigenvalue weighted by atomic mass is 35.5. The molecule has 1 aliphatic rings. The van der Waals surface area contributed by atoms with Gasteiger partial charge in [0.1, 0.15) is 11.6 Å². The monoisotopic (exact) mass is 432 g/mol. The van der Waals surface area contributed by atoms with Gasteiger partial charge in [0.2, 0.25) is 5.91 Å². The molecule has 0 aliphatic carbocycles. The first kappa shape index (κ1) is 23.4. The summed E-state index contributed by atoms with van der Waals surface area (Å²) in [6.07, 6.45) is 2.44. The Morgan fingerprint density at radius 2 is 2.03 bits per heavy atom. The van der Waals surface area contributed by atoms with Crippen LogP contribution in [0.15, 0.2) is 36.5 Å². The van der Waals surface area contributed by atoms with E-state index in [0.717, 1.165) is 36.6 Å². The molecule has 3 rings (SSSR count). The van der Waals surface area contributed by atoms with Crippen molar-refractivity contribution in [2.45, 2.75) is 6.42 Å². The maximum Gasteiger partial charge on any atom is 0.242 e. The largest absolute Gasteiger partial charge is 0.495 e. The number of nitrogens with zero attached hydrogens (tertiary/aromatic N) is 3. The number of aromatic nitrogens is 1. The van der Waals surface area contributed by atoms with E-state index < -0.39 is 0 Å². The number of halogens is 1. The van der Waals surface area contributed by atoms with Crippen LogP contribution in [0, 0.1) is 5.41 Å². The van der Waals surface area contributed by atoms with Crippen LogP contribution in [0.5, 0.6) is 5.75 Å². The summed E-state index contributed by atoms with van der Waals surface area (Å²) >= 11 is 6.10. The number of rotatable bonds is 7. The number of hydrogen-bond donors (Lipinski definition) is 3. The van der Waals surface area contributed by atoms with Crippen molar-refractivity contribution in [1.29, 1.82) is 5.41 Å². The second kappa shape index (κ2) is 12.0. The van der Waals surface area contributed by atoms with Gasteiger partial charge in [-0.05, 0) is 43.4 Å². The molecule has 1 aromatic heterocycles. The number of anilines is 2. The van der Waals surface area contributed by atoms with Crippen LogP contribution in [-0.2, 0) is 11.2 Å². The van der Waals surface area contributed by atoms with Gasteiger partial charge in [0, 0.05) is 44.1 Å². The maximum absolute atomic E-state index is 12.6. The minimum atomic E-state index is 0.0673. The van der Waals surface area contributed by atoms with Crippen molar-refractivity contribution in [3.05, 3.63) is 47.1 Å². The van der Waals surface area contributed by atoms with Gasteiger partial charge in [-0.25, -0.2) is 4.98 Å². The molecule has 0 saturated carbocycles. The summed E-state index contributed by atoms with van der Waals surface area (Å²) in [5, 5.41) is 9.25. The number of amides is 1. The predicted molar refractivity (Wildman–Crippen MR) is 122 cm³/mol. The SMILES string of the molecule is C=N.COc1cc(N2CCN(C(=O)CNc3ncccc3CCN)CC2)ccc1Cl. The van der Waals surface area contributed by atoms with E-state index in [4.69, 9.17) is 27.5 Å². The lowest BCUT2D eigenvalue weighted by molar-refractivity contribution is -0.129. The van der Waals surface area contributed by atoms with Gasteiger partial charge < -0.3 is 31.0 Å². The average molecular weight is 433 g/mol. The third kappa shape index (κ3) is 6.08. The molecule has 1 aromatic carbocycles. The topological polar surface area (TPSA) is 108 Å². The number of hydrogen-bond acceptors (Lipinski definition) is 7. The summed E-state index contributed by atoms with van der Waals surface area (Å²) in [5.74, 6) is 1.46. The Kier molecular flexibility index (Phi) is 9.37. The van der Waals surface area contributed by atoms with E-state index in [2.05, 4.69) is 21.9 Å². The van der Waals surface area contributed by atoms with Crippen LogP contribution < -0.4 is 20.7 Å². The van der Waals surface area contributed by atoms with Crippen LogP contribution >= 0.6 is 11.6 Å². The van der Waals surface area contributed by atoms with Gasteiger partial charge in [0.25, 0.3) is 0 Å². The summed E-state index contributed by atoms with van der Waals surface area (Å²) < 4.78 is 5.29. The fourth-order valence-corrected chi connectivity index (χ4v) is 3.48. The van der Waals surface area contributed by atoms with Crippen molar-refractivity contribution >= 4 is 35.7 Å². The number of pyridine rings is 1. The second-order valence-electron chi connectivity index (χ2n) is 6.59. The normalized spacial score (nSPS) is 13.3. The first-order chi connectivity index (χ1) is 14.6. The number of methoxy groups -OCH3 is 1. The Hall–Kier alpha value is -2.84. The molecule has 2 aromatic rings. The van der Waals surface area contributed by atoms with E-state index in [9.17, 15) is 4.79 Å². The molecule has 162 valence electrons. The fourth-order valence-electron chi connectivity index (χ4n) is 3.29. The van der Waals surface area contributed by atoms with Crippen molar-refractivity contribution in [3.8, 4) is 5.75 Å². The lowest BCUT2D eigenvalue weighted by Gasteiger charge is -2.36. The lowest BCUT2D eigenvalue weighted by atomic mass is 10.2. The number of carbonyl (C=O) groups is 1. The number of benzene rings is 1. The molecular weight excluding hydrogens is 404 g/mol. The van der Waals surface area contributed by atoms with Crippen molar-refractivity contribution in [3.63, 3.8) is 0 Å². The Morgan fingerprint density at radius 1 is 1.30 bits per heavy atom. The Bertz CT molecular complexity index is 827. The highest BCUT2D eigenvalue weighted by Crippen LogP contribution is 2.29. The van der Waals surface area contributed by atoms with Crippen LogP contribution in [0.4, 0.5) is 11.5 Å². The molecule has 1 saturated heterocycles. The molecule has 0 spiro atoms. The van der Waals surface area contributed by atoms with Gasteiger partial charge in [0.15, 0.2) is 0 Å². The number of ether oxygens (including phenoxy) is 1. The minimum absolute atomic E-state index is 0.0673. The quantitative estimate of drug-likeness (QED) is 0.579. The van der Waals surface area contributed by atoms with Crippen LogP contribution in [0.3, 0.4) is 0 Å². The van der Waals surface area contributed by atoms with Crippen LogP contribution in [0.1, 0.15) is 5.56 Å². The molecule has 0 unspecified atom stereocenters. The predicted octanol–water partition coefficient (Wildman–Crippen LogP) is 2.27.